The van der Waals surface area contributed by atoms with Gasteiger partial charge in [-0.2, -0.15) is 0 Å². The molecule has 0 atom stereocenters. The summed E-state index contributed by atoms with van der Waals surface area (Å²) < 4.78 is 58.4. The van der Waals surface area contributed by atoms with Crippen LogP contribution < -0.4 is 9.62 Å². The normalized spacial score (nSPS) is 15.6. The number of rotatable bonds is 8. The Hall–Kier alpha value is -2.56. The standard InChI is InChI=1S/C21H24F2N4O3S/c22-18-8-7-16(15-19(18)23)31(28,29)24-9-3-4-10-26-11-13-27(14-12-26)21-17-5-1-2-6-20(17)30-25-21/h1-2,5-8,15,24H,3-4,9-14H2. The number of piperazine rings is 1. The summed E-state index contributed by atoms with van der Waals surface area (Å²) in [5.41, 5.74) is 0.783. The van der Waals surface area contributed by atoms with E-state index in [-0.39, 0.29) is 11.4 Å². The molecule has 7 nitrogen and oxygen atoms in total. The van der Waals surface area contributed by atoms with Crippen molar-refractivity contribution in [2.45, 2.75) is 17.7 Å². The second-order valence-corrected chi connectivity index (χ2v) is 9.28. The summed E-state index contributed by atoms with van der Waals surface area (Å²) in [5, 5.41) is 5.23. The first-order valence-electron chi connectivity index (χ1n) is 10.2. The maximum absolute atomic E-state index is 13.3. The van der Waals surface area contributed by atoms with E-state index in [4.69, 9.17) is 4.52 Å². The quantitative estimate of drug-likeness (QED) is 0.532. The Morgan fingerprint density at radius 2 is 1.77 bits per heavy atom. The number of halogens is 2. The van der Waals surface area contributed by atoms with Crippen LogP contribution >= 0.6 is 0 Å². The van der Waals surface area contributed by atoms with Crippen molar-refractivity contribution in [3.8, 4) is 0 Å². The van der Waals surface area contributed by atoms with E-state index < -0.39 is 21.7 Å². The fourth-order valence-corrected chi connectivity index (χ4v) is 4.76. The number of hydrogen-bond acceptors (Lipinski definition) is 6. The SMILES string of the molecule is O=S(=O)(NCCCCN1CCN(c2noc3ccccc23)CC1)c1ccc(F)c(F)c1. The Labute approximate surface area is 179 Å². The lowest BCUT2D eigenvalue weighted by molar-refractivity contribution is 0.252. The lowest BCUT2D eigenvalue weighted by Crippen LogP contribution is -2.46. The Morgan fingerprint density at radius 1 is 1.00 bits per heavy atom. The molecule has 4 rings (SSSR count). The number of fused-ring (bicyclic) bond motifs is 1. The fraction of sp³-hybridized carbons (Fsp3) is 0.381. The predicted molar refractivity (Wildman–Crippen MR) is 113 cm³/mol. The maximum atomic E-state index is 13.3. The highest BCUT2D eigenvalue weighted by atomic mass is 32.2. The van der Waals surface area contributed by atoms with Crippen LogP contribution in [-0.2, 0) is 10.0 Å². The van der Waals surface area contributed by atoms with Crippen molar-refractivity contribution >= 4 is 26.8 Å². The minimum Gasteiger partial charge on any atom is -0.354 e. The fourth-order valence-electron chi connectivity index (χ4n) is 3.68. The summed E-state index contributed by atoms with van der Waals surface area (Å²) >= 11 is 0. The van der Waals surface area contributed by atoms with Crippen LogP contribution in [0.4, 0.5) is 14.6 Å². The van der Waals surface area contributed by atoms with Gasteiger partial charge >= 0.3 is 0 Å². The number of benzene rings is 2. The summed E-state index contributed by atoms with van der Waals surface area (Å²) in [4.78, 5) is 4.28. The van der Waals surface area contributed by atoms with E-state index in [2.05, 4.69) is 19.7 Å². The molecule has 1 aromatic heterocycles. The predicted octanol–water partition coefficient (Wildman–Crippen LogP) is 2.99. The molecule has 0 spiro atoms. The van der Waals surface area contributed by atoms with Gasteiger partial charge < -0.3 is 9.42 Å². The number of unbranched alkanes of at least 4 members (excludes halogenated alkanes) is 1. The molecule has 31 heavy (non-hydrogen) atoms. The molecule has 0 aliphatic carbocycles. The first-order chi connectivity index (χ1) is 14.9. The number of aromatic nitrogens is 1. The van der Waals surface area contributed by atoms with Gasteiger partial charge in [0.15, 0.2) is 23.0 Å². The van der Waals surface area contributed by atoms with Crippen LogP contribution in [0.3, 0.4) is 0 Å². The molecule has 3 aromatic rings. The molecule has 0 bridgehead atoms. The largest absolute Gasteiger partial charge is 0.354 e. The number of nitrogens with one attached hydrogen (secondary N) is 1. The second kappa shape index (κ2) is 9.29. The Morgan fingerprint density at radius 3 is 2.55 bits per heavy atom. The van der Waals surface area contributed by atoms with Crippen LogP contribution in [0.2, 0.25) is 0 Å². The Balaban J connectivity index is 1.19. The molecule has 10 heteroatoms. The minimum atomic E-state index is -3.85. The van der Waals surface area contributed by atoms with Gasteiger partial charge in [-0.25, -0.2) is 21.9 Å². The topological polar surface area (TPSA) is 78.7 Å². The molecule has 166 valence electrons. The molecule has 1 saturated heterocycles. The van der Waals surface area contributed by atoms with Crippen molar-refractivity contribution in [3.63, 3.8) is 0 Å². The zero-order valence-corrected chi connectivity index (χ0v) is 17.7. The van der Waals surface area contributed by atoms with Crippen LogP contribution in [0, 0.1) is 11.6 Å². The van der Waals surface area contributed by atoms with Crippen molar-refractivity contribution in [1.29, 1.82) is 0 Å². The number of hydrogen-bond donors (Lipinski definition) is 1. The zero-order valence-electron chi connectivity index (χ0n) is 16.9. The van der Waals surface area contributed by atoms with E-state index in [1.165, 1.54) is 0 Å². The highest BCUT2D eigenvalue weighted by Gasteiger charge is 2.21. The summed E-state index contributed by atoms with van der Waals surface area (Å²) in [6.07, 6.45) is 1.48. The Bertz CT molecular complexity index is 1140. The van der Waals surface area contributed by atoms with Crippen LogP contribution in [0.15, 0.2) is 51.9 Å². The van der Waals surface area contributed by atoms with E-state index in [1.807, 2.05) is 24.3 Å². The lowest BCUT2D eigenvalue weighted by Gasteiger charge is -2.34. The molecule has 2 heterocycles. The molecule has 1 N–H and O–H groups in total. The summed E-state index contributed by atoms with van der Waals surface area (Å²) in [6.45, 7) is 4.58. The smallest absolute Gasteiger partial charge is 0.240 e. The molecule has 0 radical (unpaired) electrons. The molecule has 0 unspecified atom stereocenters. The van der Waals surface area contributed by atoms with Gasteiger partial charge in [0.25, 0.3) is 0 Å². The second-order valence-electron chi connectivity index (χ2n) is 7.51. The maximum Gasteiger partial charge on any atom is 0.240 e. The average molecular weight is 451 g/mol. The molecular formula is C21H24F2N4O3S. The first kappa shape index (κ1) is 21.7. The van der Waals surface area contributed by atoms with Crippen molar-refractivity contribution in [3.05, 3.63) is 54.1 Å². The summed E-state index contributed by atoms with van der Waals surface area (Å²) in [6, 6.07) is 10.4. The molecule has 2 aromatic carbocycles. The highest BCUT2D eigenvalue weighted by Crippen LogP contribution is 2.26. The van der Waals surface area contributed by atoms with Gasteiger partial charge in [-0.05, 0) is 49.7 Å². The van der Waals surface area contributed by atoms with E-state index in [9.17, 15) is 17.2 Å². The van der Waals surface area contributed by atoms with Crippen molar-refractivity contribution in [1.82, 2.24) is 14.8 Å². The van der Waals surface area contributed by atoms with Gasteiger partial charge in [0.2, 0.25) is 10.0 Å². The van der Waals surface area contributed by atoms with Gasteiger partial charge in [-0.15, -0.1) is 0 Å². The van der Waals surface area contributed by atoms with Crippen molar-refractivity contribution in [2.24, 2.45) is 0 Å². The minimum absolute atomic E-state index is 0.242. The van der Waals surface area contributed by atoms with Crippen LogP contribution in [0.1, 0.15) is 12.8 Å². The van der Waals surface area contributed by atoms with E-state index >= 15 is 0 Å². The molecule has 1 aliphatic heterocycles. The third-order valence-electron chi connectivity index (χ3n) is 5.42. The average Bonchev–Trinajstić information content (AvgIpc) is 3.20. The van der Waals surface area contributed by atoms with Gasteiger partial charge in [0.05, 0.1) is 10.3 Å². The number of nitrogens with zero attached hydrogens (tertiary/aromatic N) is 3. The molecular weight excluding hydrogens is 426 g/mol. The van der Waals surface area contributed by atoms with E-state index in [0.29, 0.717) is 12.5 Å². The van der Waals surface area contributed by atoms with E-state index in [1.54, 1.807) is 0 Å². The van der Waals surface area contributed by atoms with Crippen molar-refractivity contribution in [2.75, 3.05) is 44.2 Å². The molecule has 0 amide bonds. The van der Waals surface area contributed by atoms with Gasteiger partial charge in [0.1, 0.15) is 0 Å². The van der Waals surface area contributed by atoms with Gasteiger partial charge in [-0.3, -0.25) is 4.90 Å². The number of para-hydroxylation sites is 1. The van der Waals surface area contributed by atoms with Gasteiger partial charge in [0, 0.05) is 32.7 Å². The van der Waals surface area contributed by atoms with Crippen LogP contribution in [0.25, 0.3) is 11.0 Å². The molecule has 0 saturated carbocycles. The highest BCUT2D eigenvalue weighted by molar-refractivity contribution is 7.89. The van der Waals surface area contributed by atoms with Crippen LogP contribution in [-0.4, -0.2) is 57.7 Å². The third kappa shape index (κ3) is 5.03. The summed E-state index contributed by atoms with van der Waals surface area (Å²) in [5.74, 6) is -1.38. The summed E-state index contributed by atoms with van der Waals surface area (Å²) in [7, 11) is -3.85. The zero-order chi connectivity index (χ0) is 21.8. The molecule has 1 fully saturated rings. The number of sulfonamides is 1. The monoisotopic (exact) mass is 450 g/mol. The van der Waals surface area contributed by atoms with Crippen molar-refractivity contribution < 1.29 is 21.7 Å². The van der Waals surface area contributed by atoms with E-state index in [0.717, 1.165) is 68.1 Å². The first-order valence-corrected chi connectivity index (χ1v) is 11.7. The van der Waals surface area contributed by atoms with Gasteiger partial charge in [-0.1, -0.05) is 17.3 Å². The lowest BCUT2D eigenvalue weighted by atomic mass is 10.2. The Kier molecular flexibility index (Phi) is 6.49. The van der Waals surface area contributed by atoms with Crippen LogP contribution in [0.5, 0.6) is 0 Å². The molecule has 1 aliphatic rings. The number of anilines is 1. The third-order valence-corrected chi connectivity index (χ3v) is 6.88.